The number of nitrogens with one attached hydrogen (secondary N) is 1. The van der Waals surface area contributed by atoms with E-state index < -0.39 is 0 Å². The molecular weight excluding hydrogens is 342 g/mol. The maximum atomic E-state index is 12.4. The lowest BCUT2D eigenvalue weighted by Gasteiger charge is -2.09. The zero-order valence-electron chi connectivity index (χ0n) is 15.4. The number of hydrogen-bond donors (Lipinski definition) is 1. The van der Waals surface area contributed by atoms with Gasteiger partial charge < -0.3 is 10.1 Å². The second-order valence-corrected chi connectivity index (χ2v) is 6.38. The highest BCUT2D eigenvalue weighted by Crippen LogP contribution is 2.11. The van der Waals surface area contributed by atoms with Gasteiger partial charge in [-0.15, -0.1) is 0 Å². The summed E-state index contributed by atoms with van der Waals surface area (Å²) in [5.74, 6) is 0.747. The van der Waals surface area contributed by atoms with E-state index in [0.29, 0.717) is 43.4 Å². The van der Waals surface area contributed by atoms with Gasteiger partial charge in [-0.1, -0.05) is 24.3 Å². The van der Waals surface area contributed by atoms with Crippen molar-refractivity contribution in [2.24, 2.45) is 0 Å². The number of rotatable bonds is 8. The number of nitrogens with zero attached hydrogens (tertiary/aromatic N) is 2. The number of para-hydroxylation sites is 1. The first-order chi connectivity index (χ1) is 13.1. The fourth-order valence-corrected chi connectivity index (χ4v) is 2.83. The molecule has 0 atom stereocenters. The van der Waals surface area contributed by atoms with E-state index in [1.807, 2.05) is 49.4 Å². The molecule has 0 aliphatic rings. The molecular formula is C21H23N3O3. The monoisotopic (exact) mass is 365 g/mol. The Balaban J connectivity index is 1.39. The first kappa shape index (κ1) is 18.6. The van der Waals surface area contributed by atoms with Gasteiger partial charge in [0.1, 0.15) is 12.4 Å². The van der Waals surface area contributed by atoms with Crippen molar-refractivity contribution in [1.29, 1.82) is 0 Å². The van der Waals surface area contributed by atoms with Gasteiger partial charge in [0, 0.05) is 13.0 Å². The average Bonchev–Trinajstić information content (AvgIpc) is 2.67. The lowest BCUT2D eigenvalue weighted by atomic mass is 10.2. The predicted octanol–water partition coefficient (Wildman–Crippen LogP) is 2.68. The van der Waals surface area contributed by atoms with Crippen molar-refractivity contribution in [3.63, 3.8) is 0 Å². The lowest BCUT2D eigenvalue weighted by molar-refractivity contribution is -0.121. The lowest BCUT2D eigenvalue weighted by Crippen LogP contribution is -2.28. The summed E-state index contributed by atoms with van der Waals surface area (Å²) >= 11 is 0. The molecule has 0 unspecified atom stereocenters. The third kappa shape index (κ3) is 5.17. The Bertz CT molecular complexity index is 982. The Morgan fingerprint density at radius 1 is 1.19 bits per heavy atom. The molecule has 0 aliphatic carbocycles. The molecule has 0 fully saturated rings. The number of hydrogen-bond acceptors (Lipinski definition) is 4. The van der Waals surface area contributed by atoms with Crippen molar-refractivity contribution in [1.82, 2.24) is 14.9 Å². The van der Waals surface area contributed by atoms with E-state index in [1.54, 1.807) is 10.6 Å². The van der Waals surface area contributed by atoms with Crippen LogP contribution in [0.2, 0.25) is 0 Å². The minimum atomic E-state index is -0.0763. The Labute approximate surface area is 157 Å². The van der Waals surface area contributed by atoms with E-state index in [4.69, 9.17) is 4.74 Å². The van der Waals surface area contributed by atoms with Crippen molar-refractivity contribution >= 4 is 16.8 Å². The first-order valence-corrected chi connectivity index (χ1v) is 9.04. The van der Waals surface area contributed by atoms with E-state index in [2.05, 4.69) is 10.3 Å². The quantitative estimate of drug-likeness (QED) is 0.623. The molecule has 1 N–H and O–H groups in total. The van der Waals surface area contributed by atoms with Crippen molar-refractivity contribution < 1.29 is 9.53 Å². The fraction of sp³-hybridized carbons (Fsp3) is 0.286. The summed E-state index contributed by atoms with van der Waals surface area (Å²) in [5.41, 5.74) is 1.74. The summed E-state index contributed by atoms with van der Waals surface area (Å²) in [6.07, 6.45) is 2.46. The largest absolute Gasteiger partial charge is 0.492 e. The van der Waals surface area contributed by atoms with Crippen LogP contribution in [0.5, 0.6) is 5.75 Å². The molecule has 0 bridgehead atoms. The highest BCUT2D eigenvalue weighted by atomic mass is 16.5. The van der Waals surface area contributed by atoms with Gasteiger partial charge in [0.05, 0.1) is 23.8 Å². The number of ether oxygens (including phenoxy) is 1. The molecule has 0 spiro atoms. The minimum Gasteiger partial charge on any atom is -0.492 e. The van der Waals surface area contributed by atoms with Gasteiger partial charge in [-0.2, -0.15) is 0 Å². The van der Waals surface area contributed by atoms with Crippen molar-refractivity contribution in [2.45, 2.75) is 26.3 Å². The zero-order chi connectivity index (χ0) is 19.1. The SMILES string of the molecule is Cc1cccc(OCCNC(=O)CCCn2cnc3ccccc3c2=O)c1. The highest BCUT2D eigenvalue weighted by Gasteiger charge is 2.05. The molecule has 0 saturated carbocycles. The topological polar surface area (TPSA) is 73.2 Å². The van der Waals surface area contributed by atoms with Crippen molar-refractivity contribution in [3.05, 3.63) is 70.8 Å². The van der Waals surface area contributed by atoms with Crippen LogP contribution in [0.25, 0.3) is 10.9 Å². The molecule has 1 amide bonds. The van der Waals surface area contributed by atoms with Crippen LogP contribution in [0, 0.1) is 6.92 Å². The summed E-state index contributed by atoms with van der Waals surface area (Å²) in [6.45, 7) is 3.34. The first-order valence-electron chi connectivity index (χ1n) is 9.04. The summed E-state index contributed by atoms with van der Waals surface area (Å²) in [7, 11) is 0. The molecule has 6 heteroatoms. The van der Waals surface area contributed by atoms with Gasteiger partial charge in [0.25, 0.3) is 5.56 Å². The van der Waals surface area contributed by atoms with Crippen LogP contribution in [-0.4, -0.2) is 28.6 Å². The van der Waals surface area contributed by atoms with Crippen molar-refractivity contribution in [3.8, 4) is 5.75 Å². The van der Waals surface area contributed by atoms with Gasteiger partial charge in [0.15, 0.2) is 0 Å². The predicted molar refractivity (Wildman–Crippen MR) is 105 cm³/mol. The van der Waals surface area contributed by atoms with E-state index in [1.165, 1.54) is 6.33 Å². The standard InChI is InChI=1S/C21H23N3O3/c1-16-6-4-7-17(14-16)27-13-11-22-20(25)10-5-12-24-15-23-19-9-3-2-8-18(19)21(24)26/h2-4,6-9,14-15H,5,10-13H2,1H3,(H,22,25). The van der Waals surface area contributed by atoms with Crippen LogP contribution in [0.3, 0.4) is 0 Å². The molecule has 3 rings (SSSR count). The van der Waals surface area contributed by atoms with E-state index in [0.717, 1.165) is 11.3 Å². The molecule has 2 aromatic carbocycles. The molecule has 140 valence electrons. The van der Waals surface area contributed by atoms with Crippen molar-refractivity contribution in [2.75, 3.05) is 13.2 Å². The fourth-order valence-electron chi connectivity index (χ4n) is 2.83. The van der Waals surface area contributed by atoms with Gasteiger partial charge in [-0.3, -0.25) is 14.2 Å². The van der Waals surface area contributed by atoms with Crippen LogP contribution >= 0.6 is 0 Å². The number of carbonyl (C=O) groups excluding carboxylic acids is 1. The second kappa shape index (κ2) is 8.98. The van der Waals surface area contributed by atoms with Crippen LogP contribution < -0.4 is 15.6 Å². The van der Waals surface area contributed by atoms with Crippen LogP contribution in [0.1, 0.15) is 18.4 Å². The third-order valence-electron chi connectivity index (χ3n) is 4.22. The normalized spacial score (nSPS) is 10.7. The number of aryl methyl sites for hydroxylation is 2. The number of fused-ring (bicyclic) bond motifs is 1. The number of carbonyl (C=O) groups is 1. The number of amides is 1. The van der Waals surface area contributed by atoms with Crippen LogP contribution in [-0.2, 0) is 11.3 Å². The molecule has 1 heterocycles. The Morgan fingerprint density at radius 3 is 2.89 bits per heavy atom. The molecule has 0 radical (unpaired) electrons. The van der Waals surface area contributed by atoms with Gasteiger partial charge in [-0.25, -0.2) is 4.98 Å². The average molecular weight is 365 g/mol. The van der Waals surface area contributed by atoms with E-state index in [-0.39, 0.29) is 11.5 Å². The summed E-state index contributed by atoms with van der Waals surface area (Å²) in [4.78, 5) is 28.6. The van der Waals surface area contributed by atoms with Crippen LogP contribution in [0.4, 0.5) is 0 Å². The van der Waals surface area contributed by atoms with Gasteiger partial charge in [0.2, 0.25) is 5.91 Å². The maximum absolute atomic E-state index is 12.4. The second-order valence-electron chi connectivity index (χ2n) is 6.38. The molecule has 6 nitrogen and oxygen atoms in total. The van der Waals surface area contributed by atoms with E-state index in [9.17, 15) is 9.59 Å². The van der Waals surface area contributed by atoms with E-state index >= 15 is 0 Å². The smallest absolute Gasteiger partial charge is 0.261 e. The summed E-state index contributed by atoms with van der Waals surface area (Å²) < 4.78 is 7.15. The molecule has 1 aromatic heterocycles. The Morgan fingerprint density at radius 2 is 2.04 bits per heavy atom. The third-order valence-corrected chi connectivity index (χ3v) is 4.22. The maximum Gasteiger partial charge on any atom is 0.261 e. The molecule has 0 saturated heterocycles. The molecule has 3 aromatic rings. The minimum absolute atomic E-state index is 0.0513. The summed E-state index contributed by atoms with van der Waals surface area (Å²) in [6, 6.07) is 15.0. The molecule has 27 heavy (non-hydrogen) atoms. The Kier molecular flexibility index (Phi) is 6.20. The summed E-state index contributed by atoms with van der Waals surface area (Å²) in [5, 5.41) is 3.43. The van der Waals surface area contributed by atoms with Crippen LogP contribution in [0.15, 0.2) is 59.7 Å². The number of benzene rings is 2. The molecule has 0 aliphatic heterocycles. The van der Waals surface area contributed by atoms with Gasteiger partial charge >= 0.3 is 0 Å². The Hall–Kier alpha value is -3.15. The number of aromatic nitrogens is 2. The zero-order valence-corrected chi connectivity index (χ0v) is 15.4. The highest BCUT2D eigenvalue weighted by molar-refractivity contribution is 5.77. The van der Waals surface area contributed by atoms with Gasteiger partial charge in [-0.05, 0) is 43.2 Å².